The molecule has 9 N–H and O–H groups in total. The number of urea groups is 1. The molecule has 0 saturated carbocycles. The first kappa shape index (κ1) is 32.0. The molecule has 212 valence electrons. The van der Waals surface area contributed by atoms with Gasteiger partial charge in [-0.15, -0.1) is 0 Å². The van der Waals surface area contributed by atoms with Crippen LogP contribution >= 0.6 is 0 Å². The van der Waals surface area contributed by atoms with E-state index in [0.29, 0.717) is 25.8 Å². The lowest BCUT2D eigenvalue weighted by atomic mass is 9.98. The number of nitrogens with one attached hydrogen (secondary N) is 6. The van der Waals surface area contributed by atoms with E-state index in [0.717, 1.165) is 0 Å². The number of aliphatic hydroxyl groups is 1. The largest absolute Gasteiger partial charge is 0.394 e. The molecular formula is C22H41N7O8. The smallest absolute Gasteiger partial charge is 0.316 e. The number of hydrazine groups is 1. The zero-order chi connectivity index (χ0) is 27.6. The maximum absolute atomic E-state index is 12.8. The number of hydrogen-bond acceptors (Lipinski definition) is 9. The van der Waals surface area contributed by atoms with Crippen molar-refractivity contribution in [2.45, 2.75) is 57.7 Å². The lowest BCUT2D eigenvalue weighted by Gasteiger charge is -2.25. The first-order valence-electron chi connectivity index (χ1n) is 12.4. The van der Waals surface area contributed by atoms with Crippen molar-refractivity contribution in [3.63, 3.8) is 0 Å². The van der Waals surface area contributed by atoms with Crippen LogP contribution < -0.4 is 37.9 Å². The van der Waals surface area contributed by atoms with E-state index in [1.165, 1.54) is 0 Å². The van der Waals surface area contributed by atoms with Crippen LogP contribution in [0.15, 0.2) is 0 Å². The molecule has 1 aliphatic rings. The molecule has 1 fully saturated rings. The highest BCUT2D eigenvalue weighted by Crippen LogP contribution is 2.08. The number of carbonyl (C=O) groups is 5. The molecule has 0 aromatic rings. The number of nitrogens with two attached hydrogens (primary N) is 1. The first-order chi connectivity index (χ1) is 17.7. The fraction of sp³-hybridized carbons (Fsp3) is 0.773. The second-order valence-corrected chi connectivity index (χ2v) is 8.56. The molecule has 15 heteroatoms. The van der Waals surface area contributed by atoms with Gasteiger partial charge >= 0.3 is 6.03 Å². The van der Waals surface area contributed by atoms with Gasteiger partial charge in [0.15, 0.2) is 0 Å². The topological polar surface area (TPSA) is 222 Å². The summed E-state index contributed by atoms with van der Waals surface area (Å²) in [4.78, 5) is 62.6. The van der Waals surface area contributed by atoms with Gasteiger partial charge in [0.1, 0.15) is 24.7 Å². The second kappa shape index (κ2) is 18.3. The molecule has 0 aromatic carbocycles. The molecule has 0 aliphatic carbocycles. The number of unbranched alkanes of at least 4 members (excludes halogenated alkanes) is 1. The van der Waals surface area contributed by atoms with Crippen molar-refractivity contribution < 1.29 is 38.6 Å². The van der Waals surface area contributed by atoms with Crippen LogP contribution in [0.1, 0.15) is 39.5 Å². The molecule has 0 bridgehead atoms. The van der Waals surface area contributed by atoms with E-state index < -0.39 is 54.4 Å². The first-order valence-corrected chi connectivity index (χ1v) is 12.4. The molecule has 4 atom stereocenters. The summed E-state index contributed by atoms with van der Waals surface area (Å²) in [6, 6.07) is -4.15. The maximum Gasteiger partial charge on any atom is 0.316 e. The fourth-order valence-electron chi connectivity index (χ4n) is 3.27. The minimum absolute atomic E-state index is 0.101. The van der Waals surface area contributed by atoms with Crippen molar-refractivity contribution in [2.24, 2.45) is 11.7 Å². The predicted octanol–water partition coefficient (Wildman–Crippen LogP) is -3.01. The van der Waals surface area contributed by atoms with Gasteiger partial charge in [0.05, 0.1) is 26.4 Å². The Morgan fingerprint density at radius 3 is 2.27 bits per heavy atom. The molecule has 0 aromatic heterocycles. The van der Waals surface area contributed by atoms with Crippen LogP contribution in [-0.2, 0) is 28.7 Å². The monoisotopic (exact) mass is 531 g/mol. The van der Waals surface area contributed by atoms with Gasteiger partial charge in [-0.05, 0) is 31.7 Å². The van der Waals surface area contributed by atoms with Gasteiger partial charge in [0.25, 0.3) is 11.8 Å². The third-order valence-corrected chi connectivity index (χ3v) is 5.64. The van der Waals surface area contributed by atoms with E-state index >= 15 is 0 Å². The van der Waals surface area contributed by atoms with Crippen LogP contribution in [0, 0.1) is 5.92 Å². The molecule has 6 amide bonds. The summed E-state index contributed by atoms with van der Waals surface area (Å²) in [6.07, 6.45) is 1.86. The highest BCUT2D eigenvalue weighted by Gasteiger charge is 2.28. The number of ether oxygens (including phenoxy) is 2. The molecular weight excluding hydrogens is 490 g/mol. The molecule has 1 saturated heterocycles. The standard InChI is InChI=1S/C22H41N7O8/c1-3-14(2)18-21(34)29-28-20(33)15(6-4-5-7-23)25-22(35)26-16(12-30)19(32)24-8-9-36-10-11-37-13-17(31)27-18/h14-16,18,30H,3-13,23H2,1-2H3,(H,24,32)(H,27,31)(H,28,33)(H,29,34)(H2,25,26,35)/t14?,15-,16-,18?/m0/s1. The van der Waals surface area contributed by atoms with Gasteiger partial charge in [0, 0.05) is 6.54 Å². The van der Waals surface area contributed by atoms with Crippen molar-refractivity contribution in [1.82, 2.24) is 32.1 Å². The summed E-state index contributed by atoms with van der Waals surface area (Å²) < 4.78 is 10.6. The molecule has 1 heterocycles. The summed E-state index contributed by atoms with van der Waals surface area (Å²) in [5.41, 5.74) is 10.1. The lowest BCUT2D eigenvalue weighted by molar-refractivity contribution is -0.135. The zero-order valence-electron chi connectivity index (χ0n) is 21.5. The highest BCUT2D eigenvalue weighted by molar-refractivity contribution is 5.92. The highest BCUT2D eigenvalue weighted by atomic mass is 16.5. The Morgan fingerprint density at radius 1 is 0.919 bits per heavy atom. The molecule has 2 unspecified atom stereocenters. The molecule has 0 spiro atoms. The summed E-state index contributed by atoms with van der Waals surface area (Å²) in [7, 11) is 0. The summed E-state index contributed by atoms with van der Waals surface area (Å²) in [5, 5.41) is 19.4. The molecule has 1 rings (SSSR count). The summed E-state index contributed by atoms with van der Waals surface area (Å²) in [5.74, 6) is -2.78. The van der Waals surface area contributed by atoms with Crippen LogP contribution in [0.5, 0.6) is 0 Å². The second-order valence-electron chi connectivity index (χ2n) is 8.56. The Morgan fingerprint density at radius 2 is 1.59 bits per heavy atom. The Kier molecular flexibility index (Phi) is 15.8. The van der Waals surface area contributed by atoms with Gasteiger partial charge in [-0.2, -0.15) is 0 Å². The number of hydrogen-bond donors (Lipinski definition) is 8. The van der Waals surface area contributed by atoms with E-state index in [1.807, 2.05) is 6.92 Å². The molecule has 0 radical (unpaired) electrons. The minimum Gasteiger partial charge on any atom is -0.394 e. The van der Waals surface area contributed by atoms with Gasteiger partial charge in [-0.1, -0.05) is 20.3 Å². The van der Waals surface area contributed by atoms with Crippen LogP contribution in [0.4, 0.5) is 4.79 Å². The van der Waals surface area contributed by atoms with Crippen molar-refractivity contribution in [3.8, 4) is 0 Å². The Labute approximate surface area is 216 Å². The zero-order valence-corrected chi connectivity index (χ0v) is 21.5. The number of rotatable bonds is 7. The SMILES string of the molecule is CCC(C)C1NC(=O)COCCOCCNC(=O)[C@H](CO)NC(=O)N[C@@H](CCCCN)C(=O)NNC1=O. The lowest BCUT2D eigenvalue weighted by Crippen LogP contribution is -2.59. The molecule has 1 aliphatic heterocycles. The third-order valence-electron chi connectivity index (χ3n) is 5.64. The molecule has 15 nitrogen and oxygen atoms in total. The summed E-state index contributed by atoms with van der Waals surface area (Å²) in [6.45, 7) is 3.52. The predicted molar refractivity (Wildman–Crippen MR) is 132 cm³/mol. The van der Waals surface area contributed by atoms with Crippen molar-refractivity contribution in [1.29, 1.82) is 0 Å². The number of aliphatic hydroxyl groups excluding tert-OH is 1. The van der Waals surface area contributed by atoms with E-state index in [9.17, 15) is 29.1 Å². The van der Waals surface area contributed by atoms with Crippen LogP contribution in [0.3, 0.4) is 0 Å². The Bertz CT molecular complexity index is 755. The van der Waals surface area contributed by atoms with E-state index in [4.69, 9.17) is 15.2 Å². The number of carbonyl (C=O) groups excluding carboxylic acids is 5. The van der Waals surface area contributed by atoms with E-state index in [-0.39, 0.29) is 45.3 Å². The minimum atomic E-state index is -1.27. The van der Waals surface area contributed by atoms with Crippen molar-refractivity contribution >= 4 is 29.7 Å². The van der Waals surface area contributed by atoms with Crippen molar-refractivity contribution in [2.75, 3.05) is 46.1 Å². The van der Waals surface area contributed by atoms with Crippen LogP contribution in [-0.4, -0.2) is 99.0 Å². The van der Waals surface area contributed by atoms with Crippen molar-refractivity contribution in [3.05, 3.63) is 0 Å². The van der Waals surface area contributed by atoms with Crippen LogP contribution in [0.25, 0.3) is 0 Å². The van der Waals surface area contributed by atoms with E-state index in [1.54, 1.807) is 6.92 Å². The summed E-state index contributed by atoms with van der Waals surface area (Å²) >= 11 is 0. The Hall–Kier alpha value is -3.01. The van der Waals surface area contributed by atoms with Gasteiger partial charge in [-0.25, -0.2) is 4.79 Å². The fourth-order valence-corrected chi connectivity index (χ4v) is 3.27. The quantitative estimate of drug-likeness (QED) is 0.156. The average molecular weight is 532 g/mol. The van der Waals surface area contributed by atoms with Gasteiger partial charge < -0.3 is 41.6 Å². The average Bonchev–Trinajstić information content (AvgIpc) is 2.88. The van der Waals surface area contributed by atoms with Gasteiger partial charge in [-0.3, -0.25) is 30.0 Å². The third kappa shape index (κ3) is 12.7. The normalized spacial score (nSPS) is 24.8. The maximum atomic E-state index is 12.8. The molecule has 37 heavy (non-hydrogen) atoms. The van der Waals surface area contributed by atoms with E-state index in [2.05, 4.69) is 32.1 Å². The number of amides is 6. The van der Waals surface area contributed by atoms with Crippen LogP contribution in [0.2, 0.25) is 0 Å². The van der Waals surface area contributed by atoms with Gasteiger partial charge in [0.2, 0.25) is 11.8 Å². The Balaban J connectivity index is 3.01.